The van der Waals surface area contributed by atoms with Crippen LogP contribution in [0.1, 0.15) is 5.56 Å². The van der Waals surface area contributed by atoms with Crippen molar-refractivity contribution >= 4 is 33.3 Å². The molecule has 22 heavy (non-hydrogen) atoms. The van der Waals surface area contributed by atoms with E-state index in [-0.39, 0.29) is 6.03 Å². The summed E-state index contributed by atoms with van der Waals surface area (Å²) in [6.07, 6.45) is 0. The van der Waals surface area contributed by atoms with Crippen LogP contribution in [0.5, 0.6) is 5.75 Å². The minimum absolute atomic E-state index is 0.220. The van der Waals surface area contributed by atoms with Crippen LogP contribution < -0.4 is 15.4 Å². The van der Waals surface area contributed by atoms with Gasteiger partial charge in [0.2, 0.25) is 0 Å². The minimum atomic E-state index is -0.220. The van der Waals surface area contributed by atoms with E-state index in [0.29, 0.717) is 5.88 Å². The van der Waals surface area contributed by atoms with E-state index in [0.717, 1.165) is 11.4 Å². The molecule has 0 spiro atoms. The van der Waals surface area contributed by atoms with Crippen molar-refractivity contribution < 1.29 is 9.53 Å². The number of hydrogen-bond acceptors (Lipinski definition) is 4. The molecule has 0 fully saturated rings. The van der Waals surface area contributed by atoms with Gasteiger partial charge < -0.3 is 15.4 Å². The monoisotopic (exact) mass is 334 g/mol. The summed E-state index contributed by atoms with van der Waals surface area (Å²) < 4.78 is 5.07. The lowest BCUT2D eigenvalue weighted by atomic mass is 10.2. The number of anilines is 1. The van der Waals surface area contributed by atoms with Gasteiger partial charge in [-0.25, -0.2) is 4.79 Å². The van der Waals surface area contributed by atoms with E-state index in [2.05, 4.69) is 41.8 Å². The van der Waals surface area contributed by atoms with Gasteiger partial charge in [0.05, 0.1) is 13.0 Å². The van der Waals surface area contributed by atoms with Crippen molar-refractivity contribution in [2.45, 2.75) is 11.8 Å². The fourth-order valence-corrected chi connectivity index (χ4v) is 3.36. The summed E-state index contributed by atoms with van der Waals surface area (Å²) in [4.78, 5) is 12.9. The maximum Gasteiger partial charge on any atom is 0.319 e. The third-order valence-corrected chi connectivity index (χ3v) is 4.94. The van der Waals surface area contributed by atoms with Gasteiger partial charge >= 0.3 is 6.03 Å². The number of benzene rings is 2. The Bertz CT molecular complexity index is 601. The van der Waals surface area contributed by atoms with E-state index < -0.39 is 0 Å². The highest BCUT2D eigenvalue weighted by molar-refractivity contribution is 8.76. The van der Waals surface area contributed by atoms with E-state index in [1.807, 2.05) is 0 Å². The molecule has 0 aliphatic rings. The summed E-state index contributed by atoms with van der Waals surface area (Å²) in [5, 5.41) is 5.57. The summed E-state index contributed by atoms with van der Waals surface area (Å²) in [5.41, 5.74) is 1.97. The summed E-state index contributed by atoms with van der Waals surface area (Å²) in [6, 6.07) is 15.3. The zero-order valence-electron chi connectivity index (χ0n) is 12.5. The first-order chi connectivity index (χ1) is 10.7. The van der Waals surface area contributed by atoms with Gasteiger partial charge in [-0.15, -0.1) is 0 Å². The lowest BCUT2D eigenvalue weighted by Gasteiger charge is -2.08. The maximum absolute atomic E-state index is 11.7. The number of carbonyl (C=O) groups excluding carboxylic acids is 1. The first-order valence-electron chi connectivity index (χ1n) is 6.72. The van der Waals surface area contributed by atoms with Crippen LogP contribution in [-0.4, -0.2) is 19.0 Å². The molecule has 2 rings (SSSR count). The second-order valence-corrected chi connectivity index (χ2v) is 6.89. The molecule has 0 saturated carbocycles. The standard InChI is InChI=1S/C16H18N2O2S2/c1-12-3-9-15(10-4-12)22-21-11-17-16(19)18-13-5-7-14(20-2)8-6-13/h3-10H,11H2,1-2H3,(H2,17,18,19). The van der Waals surface area contributed by atoms with Gasteiger partial charge in [0, 0.05) is 10.6 Å². The number of urea groups is 1. The Morgan fingerprint density at radius 3 is 2.41 bits per heavy atom. The molecular weight excluding hydrogens is 316 g/mol. The Morgan fingerprint density at radius 1 is 1.09 bits per heavy atom. The molecule has 0 unspecified atom stereocenters. The molecule has 6 heteroatoms. The molecule has 2 N–H and O–H groups in total. The van der Waals surface area contributed by atoms with Crippen LogP contribution >= 0.6 is 21.6 Å². The summed E-state index contributed by atoms with van der Waals surface area (Å²) in [7, 11) is 4.83. The molecule has 0 radical (unpaired) electrons. The summed E-state index contributed by atoms with van der Waals surface area (Å²) in [6.45, 7) is 2.06. The topological polar surface area (TPSA) is 50.4 Å². The van der Waals surface area contributed by atoms with Gasteiger partial charge in [-0.3, -0.25) is 0 Å². The van der Waals surface area contributed by atoms with Gasteiger partial charge in [0.25, 0.3) is 0 Å². The number of hydrogen-bond donors (Lipinski definition) is 2. The highest BCUT2D eigenvalue weighted by Crippen LogP contribution is 2.30. The predicted molar refractivity (Wildman–Crippen MR) is 94.6 cm³/mol. The number of methoxy groups -OCH3 is 1. The maximum atomic E-state index is 11.7. The molecule has 2 amide bonds. The molecule has 2 aromatic carbocycles. The van der Waals surface area contributed by atoms with E-state index >= 15 is 0 Å². The van der Waals surface area contributed by atoms with Crippen molar-refractivity contribution in [1.29, 1.82) is 0 Å². The second-order valence-electron chi connectivity index (χ2n) is 4.52. The van der Waals surface area contributed by atoms with E-state index in [1.54, 1.807) is 53.0 Å². The number of ether oxygens (including phenoxy) is 1. The first-order valence-corrected chi connectivity index (χ1v) is 9.04. The van der Waals surface area contributed by atoms with Crippen LogP contribution in [0.4, 0.5) is 10.5 Å². The quantitative estimate of drug-likeness (QED) is 0.463. The fourth-order valence-electron chi connectivity index (χ4n) is 1.64. The second kappa shape index (κ2) is 8.60. The molecule has 4 nitrogen and oxygen atoms in total. The molecule has 2 aromatic rings. The summed E-state index contributed by atoms with van der Waals surface area (Å²) in [5.74, 6) is 1.29. The average Bonchev–Trinajstić information content (AvgIpc) is 2.54. The molecule has 0 aliphatic carbocycles. The lowest BCUT2D eigenvalue weighted by molar-refractivity contribution is 0.253. The van der Waals surface area contributed by atoms with Crippen LogP contribution in [0, 0.1) is 6.92 Å². The Morgan fingerprint density at radius 2 is 1.77 bits per heavy atom. The van der Waals surface area contributed by atoms with Crippen molar-refractivity contribution in [3.63, 3.8) is 0 Å². The zero-order valence-corrected chi connectivity index (χ0v) is 14.1. The van der Waals surface area contributed by atoms with Gasteiger partial charge in [-0.2, -0.15) is 0 Å². The molecule has 0 aliphatic heterocycles. The van der Waals surface area contributed by atoms with Crippen LogP contribution in [0.3, 0.4) is 0 Å². The van der Waals surface area contributed by atoms with Gasteiger partial charge in [0.15, 0.2) is 0 Å². The molecule has 0 atom stereocenters. The third-order valence-electron chi connectivity index (χ3n) is 2.82. The van der Waals surface area contributed by atoms with Crippen molar-refractivity contribution in [2.75, 3.05) is 18.3 Å². The van der Waals surface area contributed by atoms with Crippen LogP contribution in [0.2, 0.25) is 0 Å². The number of aryl methyl sites for hydroxylation is 1. The Labute approximate surface area is 138 Å². The Kier molecular flexibility index (Phi) is 6.48. The molecule has 0 bridgehead atoms. The normalized spacial score (nSPS) is 10.1. The molecule has 116 valence electrons. The van der Waals surface area contributed by atoms with Gasteiger partial charge in [-0.1, -0.05) is 39.3 Å². The Balaban J connectivity index is 1.67. The van der Waals surface area contributed by atoms with E-state index in [4.69, 9.17) is 4.74 Å². The highest BCUT2D eigenvalue weighted by atomic mass is 33.1. The van der Waals surface area contributed by atoms with E-state index in [1.165, 1.54) is 10.5 Å². The van der Waals surface area contributed by atoms with Crippen LogP contribution in [-0.2, 0) is 0 Å². The Hall–Kier alpha value is -1.79. The van der Waals surface area contributed by atoms with Crippen molar-refractivity contribution in [3.05, 3.63) is 54.1 Å². The molecule has 0 heterocycles. The fraction of sp³-hybridized carbons (Fsp3) is 0.188. The van der Waals surface area contributed by atoms with Crippen LogP contribution in [0.25, 0.3) is 0 Å². The van der Waals surface area contributed by atoms with Crippen molar-refractivity contribution in [3.8, 4) is 5.75 Å². The van der Waals surface area contributed by atoms with Gasteiger partial charge in [0.1, 0.15) is 5.75 Å². The number of carbonyl (C=O) groups is 1. The zero-order chi connectivity index (χ0) is 15.8. The van der Waals surface area contributed by atoms with Crippen LogP contribution in [0.15, 0.2) is 53.4 Å². The average molecular weight is 334 g/mol. The smallest absolute Gasteiger partial charge is 0.319 e. The molecule has 0 aromatic heterocycles. The number of nitrogens with one attached hydrogen (secondary N) is 2. The highest BCUT2D eigenvalue weighted by Gasteiger charge is 2.02. The molecule has 0 saturated heterocycles. The predicted octanol–water partition coefficient (Wildman–Crippen LogP) is 4.52. The van der Waals surface area contributed by atoms with Crippen molar-refractivity contribution in [2.24, 2.45) is 0 Å². The number of amides is 2. The minimum Gasteiger partial charge on any atom is -0.497 e. The lowest BCUT2D eigenvalue weighted by Crippen LogP contribution is -2.27. The summed E-state index contributed by atoms with van der Waals surface area (Å²) >= 11 is 0. The van der Waals surface area contributed by atoms with Gasteiger partial charge in [-0.05, 0) is 43.3 Å². The molecular formula is C16H18N2O2S2. The first kappa shape index (κ1) is 16.6. The van der Waals surface area contributed by atoms with Crippen molar-refractivity contribution in [1.82, 2.24) is 5.32 Å². The number of rotatable bonds is 6. The SMILES string of the molecule is COc1ccc(NC(=O)NCSSc2ccc(C)cc2)cc1. The largest absolute Gasteiger partial charge is 0.497 e. The third kappa shape index (κ3) is 5.54. The van der Waals surface area contributed by atoms with E-state index in [9.17, 15) is 4.79 Å².